The van der Waals surface area contributed by atoms with Gasteiger partial charge in [-0.1, -0.05) is 36.4 Å². The Morgan fingerprint density at radius 3 is 2.12 bits per heavy atom. The number of nitrogens with one attached hydrogen (secondary N) is 2. The Morgan fingerprint density at radius 1 is 0.879 bits per heavy atom. The summed E-state index contributed by atoms with van der Waals surface area (Å²) in [5.74, 6) is 4.39. The molecule has 0 unspecified atom stereocenters. The molecule has 0 radical (unpaired) electrons. The normalized spacial score (nSPS) is 28.8. The molecule has 0 spiro atoms. The number of hydrogen-bond donors (Lipinski definition) is 2. The maximum atomic E-state index is 13.0. The molecular formula is C28H38N2O2S. The molecule has 4 aliphatic rings. The van der Waals surface area contributed by atoms with Gasteiger partial charge in [0.1, 0.15) is 0 Å². The fraction of sp³-hybridized carbons (Fsp3) is 0.571. The van der Waals surface area contributed by atoms with Gasteiger partial charge in [-0.25, -0.2) is 13.1 Å². The van der Waals surface area contributed by atoms with Crippen molar-refractivity contribution in [3.8, 4) is 0 Å². The van der Waals surface area contributed by atoms with E-state index in [4.69, 9.17) is 0 Å². The van der Waals surface area contributed by atoms with Gasteiger partial charge in [0.15, 0.2) is 0 Å². The van der Waals surface area contributed by atoms with Crippen LogP contribution in [0.3, 0.4) is 0 Å². The summed E-state index contributed by atoms with van der Waals surface area (Å²) in [7, 11) is -3.58. The van der Waals surface area contributed by atoms with Crippen LogP contribution in [-0.2, 0) is 23.0 Å². The van der Waals surface area contributed by atoms with Gasteiger partial charge in [-0.15, -0.1) is 0 Å². The van der Waals surface area contributed by atoms with E-state index in [0.717, 1.165) is 41.7 Å². The first kappa shape index (κ1) is 22.9. The summed E-state index contributed by atoms with van der Waals surface area (Å²) >= 11 is 0. The third-order valence-corrected chi connectivity index (χ3v) is 9.79. The van der Waals surface area contributed by atoms with Crippen LogP contribution in [0.1, 0.15) is 64.0 Å². The van der Waals surface area contributed by atoms with Crippen molar-refractivity contribution in [2.75, 3.05) is 5.32 Å². The maximum Gasteiger partial charge on any atom is 0.241 e. The van der Waals surface area contributed by atoms with E-state index in [9.17, 15) is 8.42 Å². The van der Waals surface area contributed by atoms with Crippen molar-refractivity contribution in [1.82, 2.24) is 4.72 Å². The SMILES string of the molecule is CC(C)(C)NS(=O)(=O)c1ccc(CC2C3CC4CC(C3)CC2C4)c(NCc2ccccc2)c1. The van der Waals surface area contributed by atoms with Crippen molar-refractivity contribution in [2.24, 2.45) is 29.6 Å². The monoisotopic (exact) mass is 466 g/mol. The minimum Gasteiger partial charge on any atom is -0.381 e. The predicted molar refractivity (Wildman–Crippen MR) is 135 cm³/mol. The third kappa shape index (κ3) is 5.14. The summed E-state index contributed by atoms with van der Waals surface area (Å²) < 4.78 is 28.9. The van der Waals surface area contributed by atoms with Crippen LogP contribution in [0.4, 0.5) is 5.69 Å². The molecule has 4 saturated carbocycles. The number of anilines is 1. The molecular weight excluding hydrogens is 428 g/mol. The smallest absolute Gasteiger partial charge is 0.241 e. The highest BCUT2D eigenvalue weighted by Crippen LogP contribution is 2.57. The molecule has 0 saturated heterocycles. The van der Waals surface area contributed by atoms with E-state index in [1.54, 1.807) is 6.07 Å². The van der Waals surface area contributed by atoms with Gasteiger partial charge in [0, 0.05) is 17.8 Å². The van der Waals surface area contributed by atoms with Gasteiger partial charge in [-0.3, -0.25) is 0 Å². The molecule has 33 heavy (non-hydrogen) atoms. The quantitative estimate of drug-likeness (QED) is 0.527. The lowest BCUT2D eigenvalue weighted by atomic mass is 9.51. The zero-order valence-corrected chi connectivity index (χ0v) is 21.0. The van der Waals surface area contributed by atoms with Crippen LogP contribution in [0.25, 0.3) is 0 Å². The Hall–Kier alpha value is -1.85. The molecule has 0 amide bonds. The van der Waals surface area contributed by atoms with E-state index in [-0.39, 0.29) is 0 Å². The molecule has 4 nitrogen and oxygen atoms in total. The van der Waals surface area contributed by atoms with E-state index in [0.29, 0.717) is 11.4 Å². The van der Waals surface area contributed by atoms with Gasteiger partial charge in [0.2, 0.25) is 10.0 Å². The van der Waals surface area contributed by atoms with E-state index in [2.05, 4.69) is 28.2 Å². The highest BCUT2D eigenvalue weighted by atomic mass is 32.2. The molecule has 4 bridgehead atoms. The van der Waals surface area contributed by atoms with Crippen molar-refractivity contribution >= 4 is 15.7 Å². The molecule has 2 aromatic carbocycles. The molecule has 178 valence electrons. The third-order valence-electron chi connectivity index (χ3n) is 8.04. The molecule has 2 aromatic rings. The molecule has 5 heteroatoms. The molecule has 6 rings (SSSR count). The first-order valence-electron chi connectivity index (χ1n) is 12.6. The Bertz CT molecular complexity index is 1060. The largest absolute Gasteiger partial charge is 0.381 e. The van der Waals surface area contributed by atoms with E-state index in [1.165, 1.54) is 43.2 Å². The van der Waals surface area contributed by atoms with Crippen LogP contribution in [0, 0.1) is 29.6 Å². The summed E-state index contributed by atoms with van der Waals surface area (Å²) in [6.45, 7) is 6.31. The fourth-order valence-electron chi connectivity index (χ4n) is 6.95. The molecule has 0 heterocycles. The van der Waals surface area contributed by atoms with Crippen molar-refractivity contribution in [1.29, 1.82) is 0 Å². The Kier molecular flexibility index (Phi) is 6.07. The highest BCUT2D eigenvalue weighted by molar-refractivity contribution is 7.89. The maximum absolute atomic E-state index is 13.0. The average Bonchev–Trinajstić information content (AvgIpc) is 2.74. The van der Waals surface area contributed by atoms with E-state index in [1.807, 2.05) is 45.0 Å². The van der Waals surface area contributed by atoms with Crippen molar-refractivity contribution < 1.29 is 8.42 Å². The van der Waals surface area contributed by atoms with Crippen LogP contribution in [0.15, 0.2) is 53.4 Å². The Labute approximate surface area is 199 Å². The first-order valence-corrected chi connectivity index (χ1v) is 14.1. The van der Waals surface area contributed by atoms with Crippen LogP contribution in [0.5, 0.6) is 0 Å². The Balaban J connectivity index is 1.42. The van der Waals surface area contributed by atoms with Crippen molar-refractivity contribution in [3.05, 3.63) is 59.7 Å². The molecule has 0 aromatic heterocycles. The highest BCUT2D eigenvalue weighted by Gasteiger charge is 2.48. The molecule has 4 aliphatic carbocycles. The van der Waals surface area contributed by atoms with Gasteiger partial charge < -0.3 is 5.32 Å². The average molecular weight is 467 g/mol. The lowest BCUT2D eigenvalue weighted by molar-refractivity contribution is -0.0359. The predicted octanol–water partition coefficient (Wildman–Crippen LogP) is 5.99. The molecule has 2 N–H and O–H groups in total. The summed E-state index contributed by atoms with van der Waals surface area (Å²) in [4.78, 5) is 0.335. The van der Waals surface area contributed by atoms with Crippen LogP contribution < -0.4 is 10.0 Å². The number of rotatable bonds is 7. The second kappa shape index (κ2) is 8.74. The van der Waals surface area contributed by atoms with Gasteiger partial charge in [-0.2, -0.15) is 0 Å². The second-order valence-corrected chi connectivity index (χ2v) is 13.5. The summed E-state index contributed by atoms with van der Waals surface area (Å²) in [5, 5.41) is 3.59. The summed E-state index contributed by atoms with van der Waals surface area (Å²) in [6.07, 6.45) is 8.16. The zero-order chi connectivity index (χ0) is 23.2. The van der Waals surface area contributed by atoms with Crippen LogP contribution in [-0.4, -0.2) is 14.0 Å². The zero-order valence-electron chi connectivity index (χ0n) is 20.2. The summed E-state index contributed by atoms with van der Waals surface area (Å²) in [6, 6.07) is 16.0. The van der Waals surface area contributed by atoms with Crippen molar-refractivity contribution in [2.45, 2.75) is 76.3 Å². The van der Waals surface area contributed by atoms with E-state index < -0.39 is 15.6 Å². The molecule has 4 fully saturated rings. The van der Waals surface area contributed by atoms with Gasteiger partial charge in [0.25, 0.3) is 0 Å². The van der Waals surface area contributed by atoms with E-state index >= 15 is 0 Å². The second-order valence-electron chi connectivity index (χ2n) is 11.8. The van der Waals surface area contributed by atoms with Crippen LogP contribution >= 0.6 is 0 Å². The van der Waals surface area contributed by atoms with Gasteiger partial charge >= 0.3 is 0 Å². The number of benzene rings is 2. The first-order chi connectivity index (χ1) is 15.7. The van der Waals surface area contributed by atoms with Crippen molar-refractivity contribution in [3.63, 3.8) is 0 Å². The minimum absolute atomic E-state index is 0.335. The summed E-state index contributed by atoms with van der Waals surface area (Å²) in [5.41, 5.74) is 2.90. The van der Waals surface area contributed by atoms with Gasteiger partial charge in [0.05, 0.1) is 4.90 Å². The topological polar surface area (TPSA) is 58.2 Å². The number of sulfonamides is 1. The lowest BCUT2D eigenvalue weighted by Gasteiger charge is -2.54. The Morgan fingerprint density at radius 2 is 1.52 bits per heavy atom. The standard InChI is InChI=1S/C28H38N2O2S/c1-28(2,3)30-33(31,32)25-10-9-22(27(17-25)29-18-19-7-5-4-6-8-19)16-26-23-12-20-11-21(14-23)15-24(26)13-20/h4-10,17,20-21,23-24,26,29-30H,11-16,18H2,1-3H3. The van der Waals surface area contributed by atoms with Crippen LogP contribution in [0.2, 0.25) is 0 Å². The molecule has 0 aliphatic heterocycles. The fourth-order valence-corrected chi connectivity index (χ4v) is 8.39. The minimum atomic E-state index is -3.58. The number of hydrogen-bond acceptors (Lipinski definition) is 3. The lowest BCUT2D eigenvalue weighted by Crippen LogP contribution is -2.45. The van der Waals surface area contributed by atoms with Gasteiger partial charge in [-0.05, 0) is 112 Å². The molecule has 0 atom stereocenters.